The van der Waals surface area contributed by atoms with Gasteiger partial charge in [0.1, 0.15) is 11.9 Å². The van der Waals surface area contributed by atoms with Crippen molar-refractivity contribution < 1.29 is 0 Å². The zero-order valence-electron chi connectivity index (χ0n) is 10.6. The molecule has 1 aromatic heterocycles. The maximum Gasteiger partial charge on any atom is 0.144 e. The van der Waals surface area contributed by atoms with Crippen LogP contribution in [0.1, 0.15) is 43.7 Å². The Kier molecular flexibility index (Phi) is 3.33. The lowest BCUT2D eigenvalue weighted by Gasteiger charge is -2.16. The van der Waals surface area contributed by atoms with Crippen molar-refractivity contribution in [3.63, 3.8) is 0 Å². The van der Waals surface area contributed by atoms with Crippen LogP contribution < -0.4 is 5.32 Å². The van der Waals surface area contributed by atoms with Crippen molar-refractivity contribution in [1.82, 2.24) is 4.98 Å². The standard InChI is InChI=1S/C14H19N3/c1-3-5-14(6-7-14)10-17-13-12(9-15)11(2)4-8-16-13/h4,8H,3,5-7,10H2,1-2H3,(H,16,17). The van der Waals surface area contributed by atoms with E-state index in [1.807, 2.05) is 13.0 Å². The van der Waals surface area contributed by atoms with Gasteiger partial charge in [-0.05, 0) is 43.2 Å². The highest BCUT2D eigenvalue weighted by molar-refractivity contribution is 5.55. The van der Waals surface area contributed by atoms with Crippen LogP contribution in [0.5, 0.6) is 0 Å². The minimum Gasteiger partial charge on any atom is -0.368 e. The van der Waals surface area contributed by atoms with E-state index < -0.39 is 0 Å². The molecule has 1 aliphatic carbocycles. The molecule has 1 aromatic rings. The molecule has 1 aliphatic rings. The lowest BCUT2D eigenvalue weighted by molar-refractivity contribution is 0.485. The number of hydrogen-bond donors (Lipinski definition) is 1. The number of rotatable bonds is 5. The molecule has 3 heteroatoms. The van der Waals surface area contributed by atoms with E-state index in [9.17, 15) is 0 Å². The van der Waals surface area contributed by atoms with Gasteiger partial charge >= 0.3 is 0 Å². The molecular weight excluding hydrogens is 210 g/mol. The second-order valence-corrected chi connectivity index (χ2v) is 5.07. The van der Waals surface area contributed by atoms with E-state index >= 15 is 0 Å². The number of nitrogens with one attached hydrogen (secondary N) is 1. The molecule has 0 saturated heterocycles. The monoisotopic (exact) mass is 229 g/mol. The van der Waals surface area contributed by atoms with Gasteiger partial charge in [0.15, 0.2) is 0 Å². The molecule has 2 rings (SSSR count). The van der Waals surface area contributed by atoms with Crippen molar-refractivity contribution in [1.29, 1.82) is 5.26 Å². The summed E-state index contributed by atoms with van der Waals surface area (Å²) >= 11 is 0. The van der Waals surface area contributed by atoms with E-state index in [1.165, 1.54) is 25.7 Å². The summed E-state index contributed by atoms with van der Waals surface area (Å²) in [4.78, 5) is 4.27. The molecule has 1 N–H and O–H groups in total. The molecular formula is C14H19N3. The topological polar surface area (TPSA) is 48.7 Å². The number of hydrogen-bond acceptors (Lipinski definition) is 3. The minimum absolute atomic E-state index is 0.479. The number of pyridine rings is 1. The lowest BCUT2D eigenvalue weighted by atomic mass is 10.0. The van der Waals surface area contributed by atoms with Crippen LogP contribution >= 0.6 is 0 Å². The first-order valence-electron chi connectivity index (χ1n) is 6.30. The summed E-state index contributed by atoms with van der Waals surface area (Å²) in [5, 5.41) is 12.5. The van der Waals surface area contributed by atoms with Gasteiger partial charge in [-0.3, -0.25) is 0 Å². The summed E-state index contributed by atoms with van der Waals surface area (Å²) in [6.45, 7) is 5.13. The first kappa shape index (κ1) is 11.9. The third-order valence-corrected chi connectivity index (χ3v) is 3.64. The molecule has 0 radical (unpaired) electrons. The molecule has 0 aromatic carbocycles. The van der Waals surface area contributed by atoms with Gasteiger partial charge in [0, 0.05) is 12.7 Å². The van der Waals surface area contributed by atoms with E-state index in [-0.39, 0.29) is 0 Å². The van der Waals surface area contributed by atoms with Crippen molar-refractivity contribution in [2.75, 3.05) is 11.9 Å². The van der Waals surface area contributed by atoms with Gasteiger partial charge in [-0.1, -0.05) is 13.3 Å². The second kappa shape index (κ2) is 4.75. The summed E-state index contributed by atoms with van der Waals surface area (Å²) < 4.78 is 0. The Labute approximate surface area is 103 Å². The number of anilines is 1. The number of aryl methyl sites for hydroxylation is 1. The van der Waals surface area contributed by atoms with Gasteiger partial charge in [0.05, 0.1) is 5.56 Å². The van der Waals surface area contributed by atoms with Crippen LogP contribution in [0.2, 0.25) is 0 Å². The average molecular weight is 229 g/mol. The van der Waals surface area contributed by atoms with Crippen molar-refractivity contribution in [3.05, 3.63) is 23.4 Å². The van der Waals surface area contributed by atoms with Gasteiger partial charge in [-0.25, -0.2) is 4.98 Å². The molecule has 0 amide bonds. The quantitative estimate of drug-likeness (QED) is 0.843. The van der Waals surface area contributed by atoms with Crippen LogP contribution in [0.15, 0.2) is 12.3 Å². The van der Waals surface area contributed by atoms with E-state index in [1.54, 1.807) is 6.20 Å². The van der Waals surface area contributed by atoms with Crippen LogP contribution in [0.25, 0.3) is 0 Å². The van der Waals surface area contributed by atoms with E-state index in [0.717, 1.165) is 17.9 Å². The van der Waals surface area contributed by atoms with E-state index in [2.05, 4.69) is 23.3 Å². The zero-order chi connectivity index (χ0) is 12.3. The maximum absolute atomic E-state index is 9.12. The summed E-state index contributed by atoms with van der Waals surface area (Å²) in [6.07, 6.45) is 6.88. The maximum atomic E-state index is 9.12. The highest BCUT2D eigenvalue weighted by atomic mass is 15.0. The first-order chi connectivity index (χ1) is 8.21. The molecule has 0 unspecified atom stereocenters. The molecule has 0 atom stereocenters. The molecule has 3 nitrogen and oxygen atoms in total. The Hall–Kier alpha value is -1.56. The van der Waals surface area contributed by atoms with Crippen LogP contribution in [0.4, 0.5) is 5.82 Å². The van der Waals surface area contributed by atoms with Crippen LogP contribution in [-0.4, -0.2) is 11.5 Å². The molecule has 1 fully saturated rings. The normalized spacial score (nSPS) is 16.3. The SMILES string of the molecule is CCCC1(CNc2nccc(C)c2C#N)CC1. The van der Waals surface area contributed by atoms with Crippen LogP contribution in [0.3, 0.4) is 0 Å². The Morgan fingerprint density at radius 1 is 1.53 bits per heavy atom. The fourth-order valence-electron chi connectivity index (χ4n) is 2.33. The van der Waals surface area contributed by atoms with E-state index in [0.29, 0.717) is 11.0 Å². The first-order valence-corrected chi connectivity index (χ1v) is 6.30. The van der Waals surface area contributed by atoms with Crippen LogP contribution in [-0.2, 0) is 0 Å². The summed E-state index contributed by atoms with van der Waals surface area (Å²) in [5.41, 5.74) is 2.15. The van der Waals surface area contributed by atoms with Crippen molar-refractivity contribution in [3.8, 4) is 6.07 Å². The minimum atomic E-state index is 0.479. The number of nitriles is 1. The summed E-state index contributed by atoms with van der Waals surface area (Å²) in [7, 11) is 0. The highest BCUT2D eigenvalue weighted by Gasteiger charge is 2.41. The zero-order valence-corrected chi connectivity index (χ0v) is 10.6. The third kappa shape index (κ3) is 2.58. The highest BCUT2D eigenvalue weighted by Crippen LogP contribution is 2.49. The van der Waals surface area contributed by atoms with Gasteiger partial charge in [0.25, 0.3) is 0 Å². The Morgan fingerprint density at radius 2 is 2.29 bits per heavy atom. The fourth-order valence-corrected chi connectivity index (χ4v) is 2.33. The predicted molar refractivity (Wildman–Crippen MR) is 68.8 cm³/mol. The van der Waals surface area contributed by atoms with Crippen molar-refractivity contribution in [2.45, 2.75) is 39.5 Å². The summed E-state index contributed by atoms with van der Waals surface area (Å²) in [6, 6.07) is 4.11. The predicted octanol–water partition coefficient (Wildman–Crippen LogP) is 3.25. The molecule has 0 spiro atoms. The second-order valence-electron chi connectivity index (χ2n) is 5.07. The smallest absolute Gasteiger partial charge is 0.144 e. The van der Waals surface area contributed by atoms with Gasteiger partial charge in [-0.15, -0.1) is 0 Å². The molecule has 0 bridgehead atoms. The average Bonchev–Trinajstić information content (AvgIpc) is 3.07. The fraction of sp³-hybridized carbons (Fsp3) is 0.571. The van der Waals surface area contributed by atoms with Gasteiger partial charge < -0.3 is 5.32 Å². The number of aromatic nitrogens is 1. The Balaban J connectivity index is 2.05. The van der Waals surface area contributed by atoms with Gasteiger partial charge in [0.2, 0.25) is 0 Å². The third-order valence-electron chi connectivity index (χ3n) is 3.64. The lowest BCUT2D eigenvalue weighted by Crippen LogP contribution is -2.16. The number of nitrogens with zero attached hydrogens (tertiary/aromatic N) is 2. The van der Waals surface area contributed by atoms with Gasteiger partial charge in [-0.2, -0.15) is 5.26 Å². The molecule has 1 saturated carbocycles. The molecule has 17 heavy (non-hydrogen) atoms. The summed E-state index contributed by atoms with van der Waals surface area (Å²) in [5.74, 6) is 0.745. The Morgan fingerprint density at radius 3 is 2.88 bits per heavy atom. The largest absolute Gasteiger partial charge is 0.368 e. The van der Waals surface area contributed by atoms with E-state index in [4.69, 9.17) is 5.26 Å². The van der Waals surface area contributed by atoms with Crippen molar-refractivity contribution >= 4 is 5.82 Å². The molecule has 1 heterocycles. The van der Waals surface area contributed by atoms with Crippen molar-refractivity contribution in [2.24, 2.45) is 5.41 Å². The molecule has 0 aliphatic heterocycles. The Bertz CT molecular complexity index is 441. The molecule has 90 valence electrons. The van der Waals surface area contributed by atoms with Crippen LogP contribution in [0, 0.1) is 23.7 Å².